The third-order valence-electron chi connectivity index (χ3n) is 4.17. The zero-order valence-electron chi connectivity index (χ0n) is 10.9. The van der Waals surface area contributed by atoms with Crippen LogP contribution in [0, 0.1) is 11.8 Å². The summed E-state index contributed by atoms with van der Waals surface area (Å²) in [5.41, 5.74) is 2.22. The molecule has 2 aromatic rings. The molecule has 0 heterocycles. The first-order valence-electron chi connectivity index (χ1n) is 6.70. The monoisotopic (exact) mass is 238 g/mol. The second-order valence-corrected chi connectivity index (χ2v) is 5.66. The Hall–Kier alpha value is -1.63. The number of hydrogen-bond donors (Lipinski definition) is 0. The van der Waals surface area contributed by atoms with Crippen LogP contribution in [0.25, 0.3) is 10.8 Å². The van der Waals surface area contributed by atoms with Gasteiger partial charge in [-0.1, -0.05) is 50.2 Å². The lowest BCUT2D eigenvalue weighted by molar-refractivity contribution is 0.0935. The molecular weight excluding hydrogens is 220 g/mol. The molecule has 0 aromatic heterocycles. The number of ketones is 1. The van der Waals surface area contributed by atoms with Crippen molar-refractivity contribution in [3.05, 3.63) is 47.5 Å². The van der Waals surface area contributed by atoms with Crippen molar-refractivity contribution in [1.82, 2.24) is 0 Å². The van der Waals surface area contributed by atoms with Crippen LogP contribution in [-0.4, -0.2) is 5.78 Å². The second-order valence-electron chi connectivity index (χ2n) is 5.66. The van der Waals surface area contributed by atoms with E-state index in [1.54, 1.807) is 0 Å². The third kappa shape index (κ3) is 1.74. The zero-order valence-corrected chi connectivity index (χ0v) is 10.9. The Morgan fingerprint density at radius 1 is 1.06 bits per heavy atom. The van der Waals surface area contributed by atoms with E-state index in [0.29, 0.717) is 24.0 Å². The molecule has 2 aromatic carbocycles. The summed E-state index contributed by atoms with van der Waals surface area (Å²) in [6.45, 7) is 4.42. The van der Waals surface area contributed by atoms with Gasteiger partial charge in [-0.3, -0.25) is 4.79 Å². The maximum Gasteiger partial charge on any atom is 0.164 e. The van der Waals surface area contributed by atoms with Gasteiger partial charge in [0.25, 0.3) is 0 Å². The lowest BCUT2D eigenvalue weighted by Gasteiger charge is -2.27. The minimum atomic E-state index is 0.326. The van der Waals surface area contributed by atoms with Crippen molar-refractivity contribution in [2.24, 2.45) is 11.8 Å². The highest BCUT2D eigenvalue weighted by Gasteiger charge is 2.28. The van der Waals surface area contributed by atoms with Gasteiger partial charge in [-0.25, -0.2) is 0 Å². The van der Waals surface area contributed by atoms with Gasteiger partial charge >= 0.3 is 0 Å². The highest BCUT2D eigenvalue weighted by Crippen LogP contribution is 2.34. The predicted octanol–water partition coefficient (Wildman–Crippen LogP) is 4.24. The van der Waals surface area contributed by atoms with E-state index in [2.05, 4.69) is 38.1 Å². The molecule has 0 radical (unpaired) electrons. The normalized spacial score (nSPS) is 19.3. The van der Waals surface area contributed by atoms with Gasteiger partial charge in [-0.2, -0.15) is 0 Å². The fourth-order valence-corrected chi connectivity index (χ4v) is 2.98. The van der Waals surface area contributed by atoms with E-state index in [9.17, 15) is 4.79 Å². The topological polar surface area (TPSA) is 17.1 Å². The molecule has 1 atom stereocenters. The van der Waals surface area contributed by atoms with E-state index in [4.69, 9.17) is 0 Å². The van der Waals surface area contributed by atoms with Crippen molar-refractivity contribution in [3.8, 4) is 0 Å². The van der Waals surface area contributed by atoms with Crippen molar-refractivity contribution in [2.75, 3.05) is 0 Å². The number of rotatable bonds is 1. The maximum absolute atomic E-state index is 12.4. The molecule has 1 aliphatic carbocycles. The van der Waals surface area contributed by atoms with Crippen molar-refractivity contribution in [2.45, 2.75) is 26.7 Å². The van der Waals surface area contributed by atoms with Crippen LogP contribution in [0.3, 0.4) is 0 Å². The van der Waals surface area contributed by atoms with Crippen molar-refractivity contribution >= 4 is 16.6 Å². The minimum Gasteiger partial charge on any atom is -0.294 e. The number of carbonyl (C=O) groups is 1. The van der Waals surface area contributed by atoms with Crippen LogP contribution < -0.4 is 0 Å². The lowest BCUT2D eigenvalue weighted by Crippen LogP contribution is -2.24. The minimum absolute atomic E-state index is 0.326. The molecule has 0 bridgehead atoms. The number of Topliss-reactive ketones (excluding diaryl/α,β-unsaturated/α-hetero) is 1. The zero-order chi connectivity index (χ0) is 12.7. The summed E-state index contributed by atoms with van der Waals surface area (Å²) >= 11 is 0. The summed E-state index contributed by atoms with van der Waals surface area (Å²) in [4.78, 5) is 12.4. The molecule has 1 nitrogen and oxygen atoms in total. The average Bonchev–Trinajstić information content (AvgIpc) is 2.37. The first-order valence-corrected chi connectivity index (χ1v) is 6.70. The van der Waals surface area contributed by atoms with E-state index in [0.717, 1.165) is 17.4 Å². The molecule has 0 N–H and O–H groups in total. The van der Waals surface area contributed by atoms with Gasteiger partial charge in [-0.05, 0) is 34.6 Å². The molecule has 1 aliphatic rings. The summed E-state index contributed by atoms with van der Waals surface area (Å²) < 4.78 is 0. The van der Waals surface area contributed by atoms with Gasteiger partial charge in [0.1, 0.15) is 0 Å². The van der Waals surface area contributed by atoms with Gasteiger partial charge in [0.2, 0.25) is 0 Å². The Morgan fingerprint density at radius 3 is 2.61 bits per heavy atom. The molecule has 0 fully saturated rings. The van der Waals surface area contributed by atoms with E-state index >= 15 is 0 Å². The maximum atomic E-state index is 12.4. The molecule has 0 spiro atoms. The van der Waals surface area contributed by atoms with Crippen LogP contribution in [0.15, 0.2) is 36.4 Å². The second kappa shape index (κ2) is 4.24. The Bertz CT molecular complexity index is 610. The highest BCUT2D eigenvalue weighted by atomic mass is 16.1. The van der Waals surface area contributed by atoms with Crippen molar-refractivity contribution in [3.63, 3.8) is 0 Å². The lowest BCUT2D eigenvalue weighted by atomic mass is 9.76. The summed E-state index contributed by atoms with van der Waals surface area (Å²) in [6.07, 6.45) is 1.75. The fourth-order valence-electron chi connectivity index (χ4n) is 2.98. The van der Waals surface area contributed by atoms with E-state index < -0.39 is 0 Å². The highest BCUT2D eigenvalue weighted by molar-refractivity contribution is 6.10. The van der Waals surface area contributed by atoms with Gasteiger partial charge in [0.15, 0.2) is 5.78 Å². The molecule has 92 valence electrons. The summed E-state index contributed by atoms with van der Waals surface area (Å²) in [6, 6.07) is 12.5. The van der Waals surface area contributed by atoms with Crippen molar-refractivity contribution in [1.29, 1.82) is 0 Å². The Kier molecular flexibility index (Phi) is 2.70. The molecule has 1 unspecified atom stereocenters. The Balaban J connectivity index is 2.18. The molecule has 1 heteroatoms. The molecule has 0 saturated heterocycles. The van der Waals surface area contributed by atoms with E-state index in [1.807, 2.05) is 12.1 Å². The molecule has 18 heavy (non-hydrogen) atoms. The van der Waals surface area contributed by atoms with Crippen LogP contribution in [0.1, 0.15) is 36.2 Å². The summed E-state index contributed by atoms with van der Waals surface area (Å²) in [5.74, 6) is 1.41. The first-order chi connectivity index (χ1) is 8.66. The van der Waals surface area contributed by atoms with Gasteiger partial charge in [-0.15, -0.1) is 0 Å². The van der Waals surface area contributed by atoms with Crippen LogP contribution in [0.2, 0.25) is 0 Å². The third-order valence-corrected chi connectivity index (χ3v) is 4.17. The quantitative estimate of drug-likeness (QED) is 0.726. The Labute approximate surface area is 108 Å². The molecule has 0 aliphatic heterocycles. The average molecular weight is 238 g/mol. The molecule has 0 amide bonds. The van der Waals surface area contributed by atoms with Crippen molar-refractivity contribution < 1.29 is 4.79 Å². The SMILES string of the molecule is CC(C)C1CC(=O)c2c(ccc3ccccc23)C1. The number of hydrogen-bond acceptors (Lipinski definition) is 1. The van der Waals surface area contributed by atoms with Crippen LogP contribution in [0.4, 0.5) is 0 Å². The van der Waals surface area contributed by atoms with Crippen LogP contribution in [0.5, 0.6) is 0 Å². The van der Waals surface area contributed by atoms with Crippen LogP contribution >= 0.6 is 0 Å². The van der Waals surface area contributed by atoms with E-state index in [1.165, 1.54) is 10.9 Å². The van der Waals surface area contributed by atoms with Gasteiger partial charge in [0, 0.05) is 12.0 Å². The Morgan fingerprint density at radius 2 is 1.83 bits per heavy atom. The van der Waals surface area contributed by atoms with E-state index in [-0.39, 0.29) is 0 Å². The molecular formula is C17H18O. The number of benzene rings is 2. The predicted molar refractivity (Wildman–Crippen MR) is 74.9 cm³/mol. The molecule has 3 rings (SSSR count). The smallest absolute Gasteiger partial charge is 0.164 e. The number of carbonyl (C=O) groups excluding carboxylic acids is 1. The largest absolute Gasteiger partial charge is 0.294 e. The fraction of sp³-hybridized carbons (Fsp3) is 0.353. The van der Waals surface area contributed by atoms with Gasteiger partial charge < -0.3 is 0 Å². The van der Waals surface area contributed by atoms with Crippen LogP contribution in [-0.2, 0) is 6.42 Å². The molecule has 0 saturated carbocycles. The summed E-state index contributed by atoms with van der Waals surface area (Å²) in [7, 11) is 0. The standard InChI is InChI=1S/C17H18O/c1-11(2)14-9-13-8-7-12-5-3-4-6-15(12)17(13)16(18)10-14/h3-8,11,14H,9-10H2,1-2H3. The first kappa shape index (κ1) is 11.5. The number of fused-ring (bicyclic) bond motifs is 3. The van der Waals surface area contributed by atoms with Gasteiger partial charge in [0.05, 0.1) is 0 Å². The summed E-state index contributed by atoms with van der Waals surface area (Å²) in [5, 5.41) is 2.30.